The Hall–Kier alpha value is -0.530. The van der Waals surface area contributed by atoms with Gasteiger partial charge in [-0.05, 0) is 43.9 Å². The lowest BCUT2D eigenvalue weighted by molar-refractivity contribution is 0.182. The van der Waals surface area contributed by atoms with Gasteiger partial charge in [-0.3, -0.25) is 0 Å². The maximum Gasteiger partial charge on any atom is 0.0444 e. The fraction of sp³-hybridized carbons (Fsp3) is 0.571. The van der Waals surface area contributed by atoms with Gasteiger partial charge in [0.25, 0.3) is 0 Å². The minimum absolute atomic E-state index is 0.342. The van der Waals surface area contributed by atoms with Crippen molar-refractivity contribution in [3.8, 4) is 0 Å². The van der Waals surface area contributed by atoms with Gasteiger partial charge in [0.2, 0.25) is 0 Å². The van der Waals surface area contributed by atoms with Crippen molar-refractivity contribution in [2.24, 2.45) is 0 Å². The molecule has 3 rings (SSSR count). The molecule has 2 heteroatoms. The highest BCUT2D eigenvalue weighted by Crippen LogP contribution is 2.50. The summed E-state index contributed by atoms with van der Waals surface area (Å²) < 4.78 is 0. The number of nitrogens with one attached hydrogen (secondary N) is 1. The molecule has 1 saturated heterocycles. The molecule has 2 fully saturated rings. The lowest BCUT2D eigenvalue weighted by Crippen LogP contribution is -2.50. The Morgan fingerprint density at radius 1 is 1.19 bits per heavy atom. The van der Waals surface area contributed by atoms with Crippen LogP contribution in [0.5, 0.6) is 0 Å². The van der Waals surface area contributed by atoms with Crippen LogP contribution in [-0.2, 0) is 5.41 Å². The van der Waals surface area contributed by atoms with E-state index in [0.29, 0.717) is 11.5 Å². The molecular formula is C14H18ClN. The predicted octanol–water partition coefficient (Wildman–Crippen LogP) is 3.51. The van der Waals surface area contributed by atoms with E-state index < -0.39 is 0 Å². The molecule has 86 valence electrons. The van der Waals surface area contributed by atoms with Crippen LogP contribution in [0.25, 0.3) is 0 Å². The van der Waals surface area contributed by atoms with Gasteiger partial charge in [0.1, 0.15) is 0 Å². The van der Waals surface area contributed by atoms with E-state index >= 15 is 0 Å². The van der Waals surface area contributed by atoms with Crippen LogP contribution in [0.2, 0.25) is 5.02 Å². The minimum atomic E-state index is 0.342. The Labute approximate surface area is 102 Å². The quantitative estimate of drug-likeness (QED) is 0.827. The first-order valence-electron chi connectivity index (χ1n) is 6.31. The molecule has 2 aliphatic rings. The van der Waals surface area contributed by atoms with Gasteiger partial charge in [-0.1, -0.05) is 36.2 Å². The van der Waals surface area contributed by atoms with E-state index in [-0.39, 0.29) is 0 Å². The summed E-state index contributed by atoms with van der Waals surface area (Å²) in [6, 6.07) is 9.06. The van der Waals surface area contributed by atoms with Gasteiger partial charge in [-0.15, -0.1) is 0 Å². The zero-order chi connectivity index (χ0) is 11.0. The molecule has 1 unspecified atom stereocenters. The van der Waals surface area contributed by atoms with Crippen molar-refractivity contribution >= 4 is 11.6 Å². The van der Waals surface area contributed by atoms with Crippen molar-refractivity contribution in [2.45, 2.75) is 43.6 Å². The first kappa shape index (κ1) is 10.6. The molecule has 0 aromatic heterocycles. The SMILES string of the molecule is Clc1ccccc1C1(C2CCCN2)CCC1. The summed E-state index contributed by atoms with van der Waals surface area (Å²) in [6.45, 7) is 1.18. The Balaban J connectivity index is 1.98. The van der Waals surface area contributed by atoms with Gasteiger partial charge in [0, 0.05) is 16.5 Å². The van der Waals surface area contributed by atoms with E-state index in [2.05, 4.69) is 17.4 Å². The van der Waals surface area contributed by atoms with E-state index in [1.165, 1.54) is 44.2 Å². The van der Waals surface area contributed by atoms with Gasteiger partial charge in [-0.25, -0.2) is 0 Å². The lowest BCUT2D eigenvalue weighted by atomic mass is 9.60. The molecule has 1 aliphatic carbocycles. The van der Waals surface area contributed by atoms with E-state index in [0.717, 1.165) is 5.02 Å². The van der Waals surface area contributed by atoms with Crippen molar-refractivity contribution in [1.29, 1.82) is 0 Å². The molecular weight excluding hydrogens is 218 g/mol. The van der Waals surface area contributed by atoms with Crippen molar-refractivity contribution < 1.29 is 0 Å². The summed E-state index contributed by atoms with van der Waals surface area (Å²) in [6.07, 6.45) is 6.58. The van der Waals surface area contributed by atoms with Crippen molar-refractivity contribution in [2.75, 3.05) is 6.54 Å². The molecule has 1 aromatic carbocycles. The number of hydrogen-bond acceptors (Lipinski definition) is 1. The highest BCUT2D eigenvalue weighted by molar-refractivity contribution is 6.31. The molecule has 0 amide bonds. The normalized spacial score (nSPS) is 27.7. The number of halogens is 1. The van der Waals surface area contributed by atoms with Crippen LogP contribution >= 0.6 is 11.6 Å². The second kappa shape index (κ2) is 4.05. The standard InChI is InChI=1S/C14H18ClN/c15-12-6-2-1-5-11(12)14(8-4-9-14)13-7-3-10-16-13/h1-2,5-6,13,16H,3-4,7-10H2. The fourth-order valence-electron chi connectivity index (χ4n) is 3.38. The maximum absolute atomic E-state index is 6.37. The smallest absolute Gasteiger partial charge is 0.0444 e. The van der Waals surface area contributed by atoms with Gasteiger partial charge >= 0.3 is 0 Å². The van der Waals surface area contributed by atoms with Crippen LogP contribution in [-0.4, -0.2) is 12.6 Å². The molecule has 16 heavy (non-hydrogen) atoms. The molecule has 0 bridgehead atoms. The number of benzene rings is 1. The van der Waals surface area contributed by atoms with Gasteiger partial charge in [0.15, 0.2) is 0 Å². The average molecular weight is 236 g/mol. The third kappa shape index (κ3) is 1.49. The topological polar surface area (TPSA) is 12.0 Å². The zero-order valence-electron chi connectivity index (χ0n) is 9.51. The Morgan fingerprint density at radius 3 is 2.56 bits per heavy atom. The number of rotatable bonds is 2. The Kier molecular flexibility index (Phi) is 2.68. The van der Waals surface area contributed by atoms with Crippen LogP contribution in [0.15, 0.2) is 24.3 Å². The van der Waals surface area contributed by atoms with Crippen molar-refractivity contribution in [1.82, 2.24) is 5.32 Å². The Bertz CT molecular complexity index is 378. The van der Waals surface area contributed by atoms with Gasteiger partial charge in [0.05, 0.1) is 0 Å². The van der Waals surface area contributed by atoms with Crippen LogP contribution in [0.1, 0.15) is 37.7 Å². The van der Waals surface area contributed by atoms with Crippen LogP contribution in [0.3, 0.4) is 0 Å². The molecule has 1 aliphatic heterocycles. The average Bonchev–Trinajstić information content (AvgIpc) is 2.73. The molecule has 1 N–H and O–H groups in total. The van der Waals surface area contributed by atoms with Gasteiger partial charge < -0.3 is 5.32 Å². The van der Waals surface area contributed by atoms with E-state index in [1.54, 1.807) is 0 Å². The molecule has 1 saturated carbocycles. The fourth-order valence-corrected chi connectivity index (χ4v) is 3.71. The van der Waals surface area contributed by atoms with E-state index in [1.807, 2.05) is 12.1 Å². The monoisotopic (exact) mass is 235 g/mol. The molecule has 1 aromatic rings. The van der Waals surface area contributed by atoms with E-state index in [9.17, 15) is 0 Å². The van der Waals surface area contributed by atoms with Crippen LogP contribution in [0.4, 0.5) is 0 Å². The van der Waals surface area contributed by atoms with E-state index in [4.69, 9.17) is 11.6 Å². The molecule has 0 spiro atoms. The predicted molar refractivity (Wildman–Crippen MR) is 68.0 cm³/mol. The second-order valence-corrected chi connectivity index (χ2v) is 5.55. The Morgan fingerprint density at radius 2 is 2.00 bits per heavy atom. The summed E-state index contributed by atoms with van der Waals surface area (Å²) in [5.41, 5.74) is 1.72. The first-order chi connectivity index (χ1) is 7.83. The van der Waals surface area contributed by atoms with Crippen LogP contribution < -0.4 is 5.32 Å². The highest BCUT2D eigenvalue weighted by atomic mass is 35.5. The second-order valence-electron chi connectivity index (χ2n) is 5.14. The zero-order valence-corrected chi connectivity index (χ0v) is 10.3. The first-order valence-corrected chi connectivity index (χ1v) is 6.69. The molecule has 1 nitrogen and oxygen atoms in total. The summed E-state index contributed by atoms with van der Waals surface area (Å²) in [4.78, 5) is 0. The van der Waals surface area contributed by atoms with Gasteiger partial charge in [-0.2, -0.15) is 0 Å². The van der Waals surface area contributed by atoms with Crippen molar-refractivity contribution in [3.63, 3.8) is 0 Å². The summed E-state index contributed by atoms with van der Waals surface area (Å²) in [5, 5.41) is 4.62. The lowest BCUT2D eigenvalue weighted by Gasteiger charge is -2.47. The molecule has 0 radical (unpaired) electrons. The molecule has 1 heterocycles. The highest BCUT2D eigenvalue weighted by Gasteiger charge is 2.46. The third-order valence-corrected chi connectivity index (χ3v) is 4.71. The summed E-state index contributed by atoms with van der Waals surface area (Å²) in [5.74, 6) is 0. The third-order valence-electron chi connectivity index (χ3n) is 4.38. The van der Waals surface area contributed by atoms with Crippen LogP contribution in [0, 0.1) is 0 Å². The molecule has 1 atom stereocenters. The largest absolute Gasteiger partial charge is 0.313 e. The number of hydrogen-bond donors (Lipinski definition) is 1. The maximum atomic E-state index is 6.37. The minimum Gasteiger partial charge on any atom is -0.313 e. The summed E-state index contributed by atoms with van der Waals surface area (Å²) >= 11 is 6.37. The van der Waals surface area contributed by atoms with Crippen molar-refractivity contribution in [3.05, 3.63) is 34.9 Å². The summed E-state index contributed by atoms with van der Waals surface area (Å²) in [7, 11) is 0.